The number of sulfonamides is 1. The van der Waals surface area contributed by atoms with Crippen molar-refractivity contribution < 1.29 is 13.2 Å². The Bertz CT molecular complexity index is 1000. The highest BCUT2D eigenvalue weighted by molar-refractivity contribution is 7.99. The van der Waals surface area contributed by atoms with E-state index in [9.17, 15) is 13.2 Å². The van der Waals surface area contributed by atoms with Gasteiger partial charge in [0.15, 0.2) is 0 Å². The maximum absolute atomic E-state index is 13.1. The minimum atomic E-state index is -3.69. The van der Waals surface area contributed by atoms with Crippen molar-refractivity contribution in [3.63, 3.8) is 0 Å². The van der Waals surface area contributed by atoms with Gasteiger partial charge in [0.05, 0.1) is 10.6 Å². The lowest BCUT2D eigenvalue weighted by atomic mass is 9.88. The van der Waals surface area contributed by atoms with E-state index >= 15 is 0 Å². The molecular formula is C21H24N2O3S2. The predicted molar refractivity (Wildman–Crippen MR) is 112 cm³/mol. The Kier molecular flexibility index (Phi) is 5.49. The van der Waals surface area contributed by atoms with Gasteiger partial charge >= 0.3 is 0 Å². The number of thioether (sulfide) groups is 1. The first-order valence-electron chi connectivity index (χ1n) is 9.61. The number of anilines is 1. The summed E-state index contributed by atoms with van der Waals surface area (Å²) in [6, 6.07) is 12.9. The zero-order valence-corrected chi connectivity index (χ0v) is 17.5. The lowest BCUT2D eigenvalue weighted by Gasteiger charge is -2.26. The fourth-order valence-electron chi connectivity index (χ4n) is 3.98. The van der Waals surface area contributed by atoms with Crippen LogP contribution in [-0.2, 0) is 21.2 Å². The molecule has 4 rings (SSSR count). The lowest BCUT2D eigenvalue weighted by molar-refractivity contribution is -0.116. The Balaban J connectivity index is 1.67. The molecule has 1 aliphatic carbocycles. The van der Waals surface area contributed by atoms with Gasteiger partial charge in [0, 0.05) is 24.4 Å². The summed E-state index contributed by atoms with van der Waals surface area (Å²) < 4.78 is 29.2. The van der Waals surface area contributed by atoms with Gasteiger partial charge in [-0.3, -0.25) is 4.79 Å². The molecule has 1 heterocycles. The van der Waals surface area contributed by atoms with Gasteiger partial charge in [0.2, 0.25) is 15.9 Å². The highest BCUT2D eigenvalue weighted by atomic mass is 32.2. The Morgan fingerprint density at radius 2 is 2.00 bits per heavy atom. The van der Waals surface area contributed by atoms with Crippen LogP contribution in [-0.4, -0.2) is 26.6 Å². The third-order valence-corrected chi connectivity index (χ3v) is 7.98. The summed E-state index contributed by atoms with van der Waals surface area (Å²) in [6.45, 7) is 2.14. The molecule has 7 heteroatoms. The molecule has 1 aliphatic heterocycles. The number of rotatable bonds is 3. The van der Waals surface area contributed by atoms with Crippen LogP contribution in [0, 0.1) is 0 Å². The number of fused-ring (bicyclic) bond motifs is 2. The summed E-state index contributed by atoms with van der Waals surface area (Å²) in [5.74, 6) is 0.854. The number of nitrogens with zero attached hydrogens (tertiary/aromatic N) is 1. The van der Waals surface area contributed by atoms with Crippen molar-refractivity contribution in [1.29, 1.82) is 0 Å². The van der Waals surface area contributed by atoms with E-state index in [2.05, 4.69) is 10.8 Å². The van der Waals surface area contributed by atoms with E-state index < -0.39 is 10.0 Å². The molecule has 1 N–H and O–H groups in total. The Hall–Kier alpha value is -1.83. The maximum Gasteiger partial charge on any atom is 0.241 e. The zero-order valence-electron chi connectivity index (χ0n) is 15.8. The number of nitrogens with one attached hydrogen (secondary N) is 1. The second kappa shape index (κ2) is 7.89. The van der Waals surface area contributed by atoms with Crippen molar-refractivity contribution >= 4 is 33.4 Å². The molecular weight excluding hydrogens is 392 g/mol. The van der Waals surface area contributed by atoms with Gasteiger partial charge < -0.3 is 4.90 Å². The minimum absolute atomic E-state index is 0.0625. The van der Waals surface area contributed by atoms with Crippen molar-refractivity contribution in [2.45, 2.75) is 48.4 Å². The Labute approximate surface area is 170 Å². The molecule has 28 heavy (non-hydrogen) atoms. The summed E-state index contributed by atoms with van der Waals surface area (Å²) in [6.07, 6.45) is 3.62. The van der Waals surface area contributed by atoms with Crippen LogP contribution in [0.4, 0.5) is 5.69 Å². The monoisotopic (exact) mass is 416 g/mol. The molecule has 1 atom stereocenters. The molecule has 2 aromatic rings. The zero-order chi connectivity index (χ0) is 19.7. The van der Waals surface area contributed by atoms with Gasteiger partial charge in [0.25, 0.3) is 0 Å². The molecule has 0 unspecified atom stereocenters. The minimum Gasteiger partial charge on any atom is -0.311 e. The number of carbonyl (C=O) groups excluding carboxylic acids is 1. The van der Waals surface area contributed by atoms with E-state index in [0.29, 0.717) is 12.2 Å². The lowest BCUT2D eigenvalue weighted by Crippen LogP contribution is -2.32. The summed E-state index contributed by atoms with van der Waals surface area (Å²) >= 11 is 1.67. The van der Waals surface area contributed by atoms with Gasteiger partial charge in [-0.15, -0.1) is 11.8 Å². The summed E-state index contributed by atoms with van der Waals surface area (Å²) in [7, 11) is -3.69. The van der Waals surface area contributed by atoms with Crippen molar-refractivity contribution in [2.24, 2.45) is 0 Å². The van der Waals surface area contributed by atoms with Gasteiger partial charge in [-0.25, -0.2) is 13.1 Å². The topological polar surface area (TPSA) is 66.5 Å². The number of benzene rings is 2. The first-order valence-corrected chi connectivity index (χ1v) is 12.1. The van der Waals surface area contributed by atoms with E-state index in [1.54, 1.807) is 28.8 Å². The Morgan fingerprint density at radius 1 is 1.18 bits per heavy atom. The third-order valence-electron chi connectivity index (χ3n) is 5.36. The van der Waals surface area contributed by atoms with Crippen molar-refractivity contribution in [2.75, 3.05) is 17.2 Å². The normalized spacial score (nSPS) is 19.5. The predicted octanol–water partition coefficient (Wildman–Crippen LogP) is 3.89. The van der Waals surface area contributed by atoms with Crippen LogP contribution >= 0.6 is 11.8 Å². The second-order valence-corrected chi connectivity index (χ2v) is 10.1. The first kappa shape index (κ1) is 19.5. The van der Waals surface area contributed by atoms with Gasteiger partial charge in [0.1, 0.15) is 0 Å². The summed E-state index contributed by atoms with van der Waals surface area (Å²) in [5.41, 5.74) is 2.97. The molecule has 2 aromatic carbocycles. The molecule has 0 spiro atoms. The summed E-state index contributed by atoms with van der Waals surface area (Å²) in [4.78, 5) is 14.9. The highest BCUT2D eigenvalue weighted by Crippen LogP contribution is 2.36. The molecule has 0 bridgehead atoms. The quantitative estimate of drug-likeness (QED) is 0.824. The smallest absolute Gasteiger partial charge is 0.241 e. The van der Waals surface area contributed by atoms with Gasteiger partial charge in [-0.05, 0) is 60.8 Å². The standard InChI is InChI=1S/C21H24N2O3S2/c1-15(24)23-12-5-13-27-21-11-10-17(14-20(21)23)28(25,26)22-19-9-4-7-16-6-2-3-8-18(16)19/h2-3,6,8,10-11,14,19,22H,4-5,7,9,12-13H2,1H3/t19-/m1/s1. The molecule has 0 saturated heterocycles. The van der Waals surface area contributed by atoms with E-state index in [1.807, 2.05) is 24.3 Å². The van der Waals surface area contributed by atoms with Crippen LogP contribution < -0.4 is 9.62 Å². The van der Waals surface area contributed by atoms with Crippen LogP contribution in [0.5, 0.6) is 0 Å². The number of hydrogen-bond acceptors (Lipinski definition) is 4. The molecule has 1 amide bonds. The van der Waals surface area contributed by atoms with Crippen molar-refractivity contribution in [1.82, 2.24) is 4.72 Å². The molecule has 5 nitrogen and oxygen atoms in total. The van der Waals surface area contributed by atoms with E-state index in [1.165, 1.54) is 12.5 Å². The van der Waals surface area contributed by atoms with Crippen molar-refractivity contribution in [3.05, 3.63) is 53.6 Å². The molecule has 0 fully saturated rings. The number of hydrogen-bond donors (Lipinski definition) is 1. The summed E-state index contributed by atoms with van der Waals surface area (Å²) in [5, 5.41) is 0. The Morgan fingerprint density at radius 3 is 2.82 bits per heavy atom. The fraction of sp³-hybridized carbons (Fsp3) is 0.381. The molecule has 148 valence electrons. The molecule has 0 radical (unpaired) electrons. The molecule has 2 aliphatic rings. The number of amides is 1. The van der Waals surface area contributed by atoms with E-state index in [-0.39, 0.29) is 16.8 Å². The van der Waals surface area contributed by atoms with Crippen LogP contribution in [0.15, 0.2) is 52.3 Å². The van der Waals surface area contributed by atoms with Crippen LogP contribution in [0.25, 0.3) is 0 Å². The van der Waals surface area contributed by atoms with Gasteiger partial charge in [-0.1, -0.05) is 24.3 Å². The number of aryl methyl sites for hydroxylation is 1. The van der Waals surface area contributed by atoms with Crippen molar-refractivity contribution in [3.8, 4) is 0 Å². The highest BCUT2D eigenvalue weighted by Gasteiger charge is 2.27. The second-order valence-electron chi connectivity index (χ2n) is 7.27. The first-order chi connectivity index (χ1) is 13.5. The SMILES string of the molecule is CC(=O)N1CCCSc2ccc(S(=O)(=O)N[C@@H]3CCCc4ccccc43)cc21. The fourth-order valence-corrected chi connectivity index (χ4v) is 6.23. The third kappa shape index (κ3) is 3.83. The number of carbonyl (C=O) groups is 1. The maximum atomic E-state index is 13.1. The van der Waals surface area contributed by atoms with E-state index in [4.69, 9.17) is 0 Å². The van der Waals surface area contributed by atoms with Gasteiger partial charge in [-0.2, -0.15) is 0 Å². The largest absolute Gasteiger partial charge is 0.311 e. The van der Waals surface area contributed by atoms with Crippen LogP contribution in [0.1, 0.15) is 43.4 Å². The van der Waals surface area contributed by atoms with Crippen LogP contribution in [0.3, 0.4) is 0 Å². The average molecular weight is 417 g/mol. The molecule has 0 saturated carbocycles. The molecule has 0 aromatic heterocycles. The van der Waals surface area contributed by atoms with Crippen LogP contribution in [0.2, 0.25) is 0 Å². The van der Waals surface area contributed by atoms with E-state index in [0.717, 1.165) is 41.9 Å². The average Bonchev–Trinajstić information content (AvgIpc) is 2.90.